The molecule has 4 amide bonds. The first-order valence-corrected chi connectivity index (χ1v) is 25.3. The first-order valence-electron chi connectivity index (χ1n) is 21.7. The van der Waals surface area contributed by atoms with Gasteiger partial charge in [0.25, 0.3) is 0 Å². The lowest BCUT2D eigenvalue weighted by molar-refractivity contribution is 0.0337. The van der Waals surface area contributed by atoms with Gasteiger partial charge in [-0.2, -0.15) is 4.31 Å². The molecule has 0 aliphatic carbocycles. The van der Waals surface area contributed by atoms with Crippen molar-refractivity contribution in [3.8, 4) is 0 Å². The highest BCUT2D eigenvalue weighted by Crippen LogP contribution is 2.32. The highest BCUT2D eigenvalue weighted by Gasteiger charge is 2.24. The minimum atomic E-state index is -3.13. The molecule has 8 rings (SSSR count). The zero-order valence-corrected chi connectivity index (χ0v) is 38.6. The Morgan fingerprint density at radius 1 is 0.613 bits per heavy atom. The van der Waals surface area contributed by atoms with E-state index in [2.05, 4.69) is 76.8 Å². The van der Waals surface area contributed by atoms with E-state index in [1.165, 1.54) is 82.9 Å². The molecule has 4 N–H and O–H groups in total. The van der Waals surface area contributed by atoms with Crippen molar-refractivity contribution in [3.63, 3.8) is 0 Å². The molecule has 0 unspecified atom stereocenters. The summed E-state index contributed by atoms with van der Waals surface area (Å²) in [5.74, 6) is 0. The van der Waals surface area contributed by atoms with E-state index < -0.39 is 10.0 Å². The monoisotopic (exact) mass is 907 g/mol. The number of nitrogens with one attached hydrogen (secondary N) is 4. The number of piperidine rings is 2. The van der Waals surface area contributed by atoms with Gasteiger partial charge in [0, 0.05) is 89.3 Å². The fraction of sp³-hybridized carbons (Fsp3) is 0.535. The summed E-state index contributed by atoms with van der Waals surface area (Å²) in [6.45, 7) is 15.4. The summed E-state index contributed by atoms with van der Waals surface area (Å²) in [6.07, 6.45) is 8.52. The lowest BCUT2D eigenvalue weighted by atomic mass is 10.1. The second-order valence-electron chi connectivity index (χ2n) is 16.4. The summed E-state index contributed by atoms with van der Waals surface area (Å²) < 4.78 is 30.2. The third-order valence-corrected chi connectivity index (χ3v) is 14.3. The van der Waals surface area contributed by atoms with E-state index in [0.717, 1.165) is 93.2 Å². The van der Waals surface area contributed by atoms with Gasteiger partial charge in [-0.15, -0.1) is 22.7 Å². The van der Waals surface area contributed by atoms with Gasteiger partial charge in [-0.05, 0) is 87.8 Å². The Morgan fingerprint density at radius 3 is 1.48 bits per heavy atom. The van der Waals surface area contributed by atoms with E-state index in [9.17, 15) is 18.0 Å². The molecule has 62 heavy (non-hydrogen) atoms. The van der Waals surface area contributed by atoms with E-state index in [1.807, 2.05) is 35.0 Å². The summed E-state index contributed by atoms with van der Waals surface area (Å²) >= 11 is 2.85. The van der Waals surface area contributed by atoms with Crippen molar-refractivity contribution in [1.82, 2.24) is 24.1 Å². The third-order valence-electron chi connectivity index (χ3n) is 11.4. The smallest absolute Gasteiger partial charge is 0.325 e. The van der Waals surface area contributed by atoms with Gasteiger partial charge in [0.05, 0.1) is 53.6 Å². The van der Waals surface area contributed by atoms with Crippen molar-refractivity contribution in [1.29, 1.82) is 0 Å². The molecule has 4 fully saturated rings. The zero-order chi connectivity index (χ0) is 43.5. The molecule has 336 valence electrons. The van der Waals surface area contributed by atoms with Gasteiger partial charge >= 0.3 is 12.1 Å². The largest absolute Gasteiger partial charge is 0.379 e. The van der Waals surface area contributed by atoms with Gasteiger partial charge in [0.2, 0.25) is 10.0 Å². The molecular weight excluding hydrogens is 847 g/mol. The van der Waals surface area contributed by atoms with Gasteiger partial charge in [-0.1, -0.05) is 12.1 Å². The number of urea groups is 2. The van der Waals surface area contributed by atoms with Gasteiger partial charge < -0.3 is 25.2 Å². The van der Waals surface area contributed by atoms with E-state index >= 15 is 0 Å². The molecule has 0 saturated carbocycles. The van der Waals surface area contributed by atoms with Crippen molar-refractivity contribution in [2.45, 2.75) is 65.5 Å². The van der Waals surface area contributed by atoms with Gasteiger partial charge in [0.15, 0.2) is 10.3 Å². The number of hydrogen-bond donors (Lipinski definition) is 4. The number of morpholine rings is 1. The number of aromatic nitrogens is 2. The van der Waals surface area contributed by atoms with Crippen LogP contribution in [-0.4, -0.2) is 129 Å². The van der Waals surface area contributed by atoms with E-state index in [1.54, 1.807) is 0 Å². The molecule has 2 aromatic carbocycles. The standard InChI is InChI=1S/C22H32N6O3S2.C21H29N5O2S/c1-17-6-7-19(20(14-17)27-8-4-3-5-9-27)24-21(29)25-22-23-18(16-32-22)15-26-10-12-28(13-11-26)33(2,30)31;1-16-5-6-18(19(13-16)26-7-3-2-4-8-26)23-20(27)24-21-22-17(15-29-21)14-25-9-11-28-12-10-25/h6-7,14,16H,3-5,8-13,15H2,1-2H3,(H2,23,24,25,29);5-6,13,15H,2-4,7-12,14H2,1H3,(H2,22,23,24,27). The number of piperazine rings is 1. The van der Waals surface area contributed by atoms with Crippen LogP contribution in [0, 0.1) is 13.8 Å². The Morgan fingerprint density at radius 2 is 1.05 bits per heavy atom. The molecule has 2 aromatic heterocycles. The second kappa shape index (κ2) is 21.8. The Kier molecular flexibility index (Phi) is 16.1. The summed E-state index contributed by atoms with van der Waals surface area (Å²) in [6, 6.07) is 11.7. The minimum absolute atomic E-state index is 0.251. The van der Waals surface area contributed by atoms with Crippen LogP contribution in [0.5, 0.6) is 0 Å². The van der Waals surface area contributed by atoms with Gasteiger partial charge in [0.1, 0.15) is 0 Å². The quantitative estimate of drug-likeness (QED) is 0.121. The first-order chi connectivity index (χ1) is 29.9. The van der Waals surface area contributed by atoms with E-state index in [0.29, 0.717) is 43.0 Å². The Labute approximate surface area is 374 Å². The van der Waals surface area contributed by atoms with Crippen molar-refractivity contribution in [3.05, 3.63) is 69.7 Å². The van der Waals surface area contributed by atoms with Crippen LogP contribution < -0.4 is 31.1 Å². The van der Waals surface area contributed by atoms with Crippen LogP contribution in [-0.2, 0) is 27.8 Å². The molecular formula is C43H61N11O5S3. The average Bonchev–Trinajstić information content (AvgIpc) is 3.91. The topological polar surface area (TPSA) is 168 Å². The number of hydrogen-bond acceptors (Lipinski definition) is 13. The normalized spacial score (nSPS) is 18.1. The third kappa shape index (κ3) is 13.3. The van der Waals surface area contributed by atoms with Crippen LogP contribution >= 0.6 is 22.7 Å². The van der Waals surface area contributed by atoms with Crippen LogP contribution in [0.4, 0.5) is 42.6 Å². The van der Waals surface area contributed by atoms with Crippen LogP contribution in [0.3, 0.4) is 0 Å². The fourth-order valence-electron chi connectivity index (χ4n) is 8.10. The summed E-state index contributed by atoms with van der Waals surface area (Å²) in [5.41, 5.74) is 8.04. The lowest BCUT2D eigenvalue weighted by Crippen LogP contribution is -2.47. The van der Waals surface area contributed by atoms with Crippen LogP contribution in [0.25, 0.3) is 0 Å². The maximum atomic E-state index is 12.7. The predicted octanol–water partition coefficient (Wildman–Crippen LogP) is 7.08. The molecule has 0 radical (unpaired) electrons. The van der Waals surface area contributed by atoms with Crippen LogP contribution in [0.1, 0.15) is 61.0 Å². The summed E-state index contributed by atoms with van der Waals surface area (Å²) in [4.78, 5) is 43.6. The number of thiazole rings is 2. The van der Waals surface area contributed by atoms with Gasteiger partial charge in [-0.25, -0.2) is 28.0 Å². The summed E-state index contributed by atoms with van der Waals surface area (Å²) in [5, 5.41) is 16.9. The second-order valence-corrected chi connectivity index (χ2v) is 20.1. The molecule has 0 atom stereocenters. The zero-order valence-electron chi connectivity index (χ0n) is 36.2. The lowest BCUT2D eigenvalue weighted by Gasteiger charge is -2.32. The molecule has 4 aliphatic heterocycles. The number of sulfonamides is 1. The van der Waals surface area contributed by atoms with Crippen LogP contribution in [0.2, 0.25) is 0 Å². The SMILES string of the molecule is Cc1ccc(NC(=O)Nc2nc(CN3CCN(S(C)(=O)=O)CC3)cs2)c(N2CCCCC2)c1.Cc1ccc(NC(=O)Nc2nc(CN3CCOCC3)cs2)c(N2CCCCC2)c1. The molecule has 19 heteroatoms. The number of carbonyl (C=O) groups is 2. The van der Waals surface area contributed by atoms with Crippen molar-refractivity contribution in [2.24, 2.45) is 0 Å². The molecule has 16 nitrogen and oxygen atoms in total. The van der Waals surface area contributed by atoms with Crippen molar-refractivity contribution in [2.75, 3.05) is 116 Å². The summed E-state index contributed by atoms with van der Waals surface area (Å²) in [7, 11) is -3.13. The molecule has 4 aliphatic rings. The molecule has 4 saturated heterocycles. The number of aryl methyl sites for hydroxylation is 2. The molecule has 4 aromatic rings. The highest BCUT2D eigenvalue weighted by molar-refractivity contribution is 7.88. The fourth-order valence-corrected chi connectivity index (χ4v) is 10.3. The number of carbonyl (C=O) groups excluding carboxylic acids is 2. The maximum Gasteiger partial charge on any atom is 0.325 e. The maximum absolute atomic E-state index is 12.7. The predicted molar refractivity (Wildman–Crippen MR) is 252 cm³/mol. The van der Waals surface area contributed by atoms with Gasteiger partial charge in [-0.3, -0.25) is 20.4 Å². The number of benzene rings is 2. The molecule has 6 heterocycles. The van der Waals surface area contributed by atoms with E-state index in [4.69, 9.17) is 4.74 Å². The Hall–Kier alpha value is -4.37. The number of amides is 4. The highest BCUT2D eigenvalue weighted by atomic mass is 32.2. The van der Waals surface area contributed by atoms with Crippen LogP contribution in [0.15, 0.2) is 47.2 Å². The van der Waals surface area contributed by atoms with E-state index in [-0.39, 0.29) is 12.1 Å². The number of anilines is 6. The average molecular weight is 908 g/mol. The number of nitrogens with zero attached hydrogens (tertiary/aromatic N) is 7. The number of ether oxygens (including phenoxy) is 1. The molecule has 0 spiro atoms. The minimum Gasteiger partial charge on any atom is -0.379 e. The van der Waals surface area contributed by atoms with Crippen molar-refractivity contribution >= 4 is 77.8 Å². The number of rotatable bonds is 11. The first kappa shape index (κ1) is 45.6. The molecule has 0 bridgehead atoms. The Bertz CT molecular complexity index is 2210. The Balaban J connectivity index is 0.000000188. The van der Waals surface area contributed by atoms with Crippen molar-refractivity contribution < 1.29 is 22.7 Å².